The Morgan fingerprint density at radius 2 is 1.64 bits per heavy atom. The SMILES string of the molecule is CCOc1cc([C@@H](CC)N2CCNCC2)ccc1OCc1ccccc1.Cl.Cl. The van der Waals surface area contributed by atoms with Crippen LogP contribution in [0.5, 0.6) is 11.5 Å². The Bertz CT molecular complexity index is 679. The number of rotatable bonds is 8. The summed E-state index contributed by atoms with van der Waals surface area (Å²) in [5.74, 6) is 1.66. The van der Waals surface area contributed by atoms with Crippen molar-refractivity contribution in [2.45, 2.75) is 32.9 Å². The molecule has 0 spiro atoms. The second-order valence-electron chi connectivity index (χ2n) is 6.62. The molecule has 1 saturated heterocycles. The lowest BCUT2D eigenvalue weighted by Gasteiger charge is -2.35. The first-order chi connectivity index (χ1) is 12.8. The highest BCUT2D eigenvalue weighted by atomic mass is 35.5. The Labute approximate surface area is 181 Å². The Hall–Kier alpha value is -1.46. The van der Waals surface area contributed by atoms with Crippen LogP contribution < -0.4 is 14.8 Å². The second-order valence-corrected chi connectivity index (χ2v) is 6.62. The molecule has 2 aromatic carbocycles. The molecule has 0 bridgehead atoms. The number of halogens is 2. The minimum atomic E-state index is 0. The molecule has 0 aliphatic carbocycles. The van der Waals surface area contributed by atoms with Crippen molar-refractivity contribution in [3.63, 3.8) is 0 Å². The van der Waals surface area contributed by atoms with Crippen LogP contribution in [-0.4, -0.2) is 37.7 Å². The molecule has 4 nitrogen and oxygen atoms in total. The number of hydrogen-bond donors (Lipinski definition) is 1. The summed E-state index contributed by atoms with van der Waals surface area (Å²) in [6.45, 7) is 9.77. The molecular weight excluding hydrogens is 395 g/mol. The van der Waals surface area contributed by atoms with E-state index in [1.54, 1.807) is 0 Å². The fourth-order valence-electron chi connectivity index (χ4n) is 3.55. The molecule has 3 rings (SSSR count). The van der Waals surface area contributed by atoms with E-state index in [0.29, 0.717) is 19.3 Å². The molecule has 28 heavy (non-hydrogen) atoms. The van der Waals surface area contributed by atoms with Crippen LogP contribution in [-0.2, 0) is 6.61 Å². The molecule has 6 heteroatoms. The van der Waals surface area contributed by atoms with E-state index < -0.39 is 0 Å². The maximum atomic E-state index is 6.04. The van der Waals surface area contributed by atoms with E-state index in [2.05, 4.69) is 47.5 Å². The molecular formula is C22H32Cl2N2O2. The van der Waals surface area contributed by atoms with Gasteiger partial charge in [-0.3, -0.25) is 4.90 Å². The molecule has 1 aliphatic rings. The first kappa shape index (κ1) is 24.6. The van der Waals surface area contributed by atoms with Gasteiger partial charge in [-0.2, -0.15) is 0 Å². The van der Waals surface area contributed by atoms with Crippen LogP contribution in [0.2, 0.25) is 0 Å². The second kappa shape index (κ2) is 12.9. The predicted octanol–water partition coefficient (Wildman–Crippen LogP) is 4.86. The van der Waals surface area contributed by atoms with Crippen LogP contribution in [0, 0.1) is 0 Å². The Morgan fingerprint density at radius 3 is 2.29 bits per heavy atom. The van der Waals surface area contributed by atoms with E-state index in [1.165, 1.54) is 5.56 Å². The molecule has 0 saturated carbocycles. The van der Waals surface area contributed by atoms with Gasteiger partial charge < -0.3 is 14.8 Å². The summed E-state index contributed by atoms with van der Waals surface area (Å²) in [6, 6.07) is 17.1. The number of hydrogen-bond acceptors (Lipinski definition) is 4. The van der Waals surface area contributed by atoms with Gasteiger partial charge in [-0.15, -0.1) is 24.8 Å². The average molecular weight is 427 g/mol. The van der Waals surface area contributed by atoms with Crippen molar-refractivity contribution in [3.8, 4) is 11.5 Å². The van der Waals surface area contributed by atoms with Gasteiger partial charge >= 0.3 is 0 Å². The highest BCUT2D eigenvalue weighted by Gasteiger charge is 2.21. The van der Waals surface area contributed by atoms with Crippen molar-refractivity contribution >= 4 is 24.8 Å². The monoisotopic (exact) mass is 426 g/mol. The van der Waals surface area contributed by atoms with Crippen molar-refractivity contribution in [2.24, 2.45) is 0 Å². The third-order valence-electron chi connectivity index (χ3n) is 4.87. The van der Waals surface area contributed by atoms with Crippen molar-refractivity contribution in [1.29, 1.82) is 0 Å². The van der Waals surface area contributed by atoms with Crippen molar-refractivity contribution in [2.75, 3.05) is 32.8 Å². The van der Waals surface area contributed by atoms with E-state index >= 15 is 0 Å². The van der Waals surface area contributed by atoms with Gasteiger partial charge in [0.25, 0.3) is 0 Å². The fraction of sp³-hybridized carbons (Fsp3) is 0.455. The molecule has 1 atom stereocenters. The number of benzene rings is 2. The smallest absolute Gasteiger partial charge is 0.161 e. The van der Waals surface area contributed by atoms with Crippen LogP contribution in [0.25, 0.3) is 0 Å². The predicted molar refractivity (Wildman–Crippen MR) is 120 cm³/mol. The quantitative estimate of drug-likeness (QED) is 0.652. The molecule has 156 valence electrons. The van der Waals surface area contributed by atoms with Gasteiger partial charge in [-0.1, -0.05) is 43.3 Å². The normalized spacial score (nSPS) is 15.1. The summed E-state index contributed by atoms with van der Waals surface area (Å²) in [5.41, 5.74) is 2.47. The molecule has 1 aliphatic heterocycles. The average Bonchev–Trinajstić information content (AvgIpc) is 2.70. The summed E-state index contributed by atoms with van der Waals surface area (Å²) >= 11 is 0. The summed E-state index contributed by atoms with van der Waals surface area (Å²) in [5, 5.41) is 3.43. The maximum absolute atomic E-state index is 6.04. The largest absolute Gasteiger partial charge is 0.490 e. The summed E-state index contributed by atoms with van der Waals surface area (Å²) in [7, 11) is 0. The minimum absolute atomic E-state index is 0. The van der Waals surface area contributed by atoms with Gasteiger partial charge in [-0.25, -0.2) is 0 Å². The lowest BCUT2D eigenvalue weighted by molar-refractivity contribution is 0.169. The number of nitrogens with zero attached hydrogens (tertiary/aromatic N) is 1. The van der Waals surface area contributed by atoms with Gasteiger partial charge in [0.1, 0.15) is 6.61 Å². The number of nitrogens with one attached hydrogen (secondary N) is 1. The van der Waals surface area contributed by atoms with E-state index in [0.717, 1.165) is 49.7 Å². The zero-order valence-corrected chi connectivity index (χ0v) is 18.4. The van der Waals surface area contributed by atoms with Crippen molar-refractivity contribution < 1.29 is 9.47 Å². The molecule has 2 aromatic rings. The fourth-order valence-corrected chi connectivity index (χ4v) is 3.55. The first-order valence-corrected chi connectivity index (χ1v) is 9.70. The van der Waals surface area contributed by atoms with Gasteiger partial charge in [0, 0.05) is 32.2 Å². The molecule has 1 fully saturated rings. The van der Waals surface area contributed by atoms with Crippen LogP contribution in [0.4, 0.5) is 0 Å². The summed E-state index contributed by atoms with van der Waals surface area (Å²) in [4.78, 5) is 2.56. The van der Waals surface area contributed by atoms with Crippen LogP contribution in [0.1, 0.15) is 37.4 Å². The van der Waals surface area contributed by atoms with E-state index in [1.807, 2.05) is 25.1 Å². The van der Waals surface area contributed by atoms with Crippen LogP contribution in [0.15, 0.2) is 48.5 Å². The number of piperazine rings is 1. The van der Waals surface area contributed by atoms with Gasteiger partial charge in [0.15, 0.2) is 11.5 Å². The van der Waals surface area contributed by atoms with E-state index in [4.69, 9.17) is 9.47 Å². The lowest BCUT2D eigenvalue weighted by Crippen LogP contribution is -2.45. The molecule has 0 aromatic heterocycles. The van der Waals surface area contributed by atoms with Crippen molar-refractivity contribution in [3.05, 3.63) is 59.7 Å². The molecule has 0 amide bonds. The lowest BCUT2D eigenvalue weighted by atomic mass is 10.0. The maximum Gasteiger partial charge on any atom is 0.161 e. The topological polar surface area (TPSA) is 33.7 Å². The molecule has 1 heterocycles. The van der Waals surface area contributed by atoms with Crippen molar-refractivity contribution in [1.82, 2.24) is 10.2 Å². The van der Waals surface area contributed by atoms with Crippen LogP contribution >= 0.6 is 24.8 Å². The molecule has 0 unspecified atom stereocenters. The Kier molecular flexibility index (Phi) is 11.3. The molecule has 1 N–H and O–H groups in total. The number of ether oxygens (including phenoxy) is 2. The minimum Gasteiger partial charge on any atom is -0.490 e. The third kappa shape index (κ3) is 6.56. The van der Waals surface area contributed by atoms with Gasteiger partial charge in [0.05, 0.1) is 6.61 Å². The summed E-state index contributed by atoms with van der Waals surface area (Å²) < 4.78 is 11.9. The highest BCUT2D eigenvalue weighted by Crippen LogP contribution is 2.34. The summed E-state index contributed by atoms with van der Waals surface area (Å²) in [6.07, 6.45) is 1.09. The first-order valence-electron chi connectivity index (χ1n) is 9.70. The van der Waals surface area contributed by atoms with Gasteiger partial charge in [0.2, 0.25) is 0 Å². The highest BCUT2D eigenvalue weighted by molar-refractivity contribution is 5.85. The van der Waals surface area contributed by atoms with Gasteiger partial charge in [-0.05, 0) is 36.6 Å². The molecule has 0 radical (unpaired) electrons. The van der Waals surface area contributed by atoms with E-state index in [9.17, 15) is 0 Å². The Balaban J connectivity index is 0.00000196. The van der Waals surface area contributed by atoms with E-state index in [-0.39, 0.29) is 24.8 Å². The zero-order valence-electron chi connectivity index (χ0n) is 16.7. The zero-order chi connectivity index (χ0) is 18.2. The Morgan fingerprint density at radius 1 is 0.929 bits per heavy atom. The van der Waals surface area contributed by atoms with Crippen LogP contribution in [0.3, 0.4) is 0 Å². The standard InChI is InChI=1S/C22H30N2O2.2ClH/c1-3-20(24-14-12-23-13-15-24)19-10-11-21(22(16-19)25-4-2)26-17-18-8-6-5-7-9-18;;/h5-11,16,20,23H,3-4,12-15,17H2,1-2H3;2*1H/t20-;;/m1../s1. The third-order valence-corrected chi connectivity index (χ3v) is 4.87.